The molecule has 7 heteroatoms. The van der Waals surface area contributed by atoms with Gasteiger partial charge in [0.1, 0.15) is 12.4 Å². The third kappa shape index (κ3) is 7.92. The van der Waals surface area contributed by atoms with Crippen LogP contribution in [0.15, 0.2) is 46.1 Å². The van der Waals surface area contributed by atoms with Crippen LogP contribution in [0.1, 0.15) is 24.0 Å². The number of ether oxygens (including phenoxy) is 2. The van der Waals surface area contributed by atoms with Gasteiger partial charge in [-0.25, -0.2) is 0 Å². The summed E-state index contributed by atoms with van der Waals surface area (Å²) in [6, 6.07) is 10.2. The summed E-state index contributed by atoms with van der Waals surface area (Å²) >= 11 is 1.73. The smallest absolute Gasteiger partial charge is 0.191 e. The van der Waals surface area contributed by atoms with Gasteiger partial charge in [-0.05, 0) is 46.0 Å². The highest BCUT2D eigenvalue weighted by atomic mass is 127. The molecule has 1 aromatic carbocycles. The van der Waals surface area contributed by atoms with Gasteiger partial charge in [0.2, 0.25) is 0 Å². The number of thiophene rings is 1. The molecule has 0 amide bonds. The van der Waals surface area contributed by atoms with Gasteiger partial charge in [-0.1, -0.05) is 19.1 Å². The minimum atomic E-state index is 0. The van der Waals surface area contributed by atoms with Crippen molar-refractivity contribution in [3.8, 4) is 5.75 Å². The molecule has 1 atom stereocenters. The summed E-state index contributed by atoms with van der Waals surface area (Å²) in [7, 11) is 3.45. The summed E-state index contributed by atoms with van der Waals surface area (Å²) in [5.41, 5.74) is 2.50. The van der Waals surface area contributed by atoms with Gasteiger partial charge in [0.15, 0.2) is 5.96 Å². The first-order valence-corrected chi connectivity index (χ1v) is 9.34. The Balaban J connectivity index is 0.00000338. The molecule has 0 radical (unpaired) electrons. The van der Waals surface area contributed by atoms with Crippen molar-refractivity contribution < 1.29 is 9.47 Å². The molecule has 0 aliphatic carbocycles. The van der Waals surface area contributed by atoms with Crippen LogP contribution >= 0.6 is 35.3 Å². The fraction of sp³-hybridized carbons (Fsp3) is 0.421. The number of methoxy groups -OCH3 is 1. The maximum atomic E-state index is 5.64. The quantitative estimate of drug-likeness (QED) is 0.243. The predicted molar refractivity (Wildman–Crippen MR) is 120 cm³/mol. The number of halogens is 1. The third-order valence-electron chi connectivity index (χ3n) is 3.83. The van der Waals surface area contributed by atoms with Crippen molar-refractivity contribution in [3.63, 3.8) is 0 Å². The van der Waals surface area contributed by atoms with Gasteiger partial charge in [-0.3, -0.25) is 4.99 Å². The molecular weight excluding hydrogens is 461 g/mol. The molecule has 26 heavy (non-hydrogen) atoms. The van der Waals surface area contributed by atoms with E-state index in [4.69, 9.17) is 9.47 Å². The van der Waals surface area contributed by atoms with Crippen LogP contribution < -0.4 is 15.4 Å². The van der Waals surface area contributed by atoms with E-state index < -0.39 is 0 Å². The van der Waals surface area contributed by atoms with E-state index in [0.29, 0.717) is 25.7 Å². The van der Waals surface area contributed by atoms with Gasteiger partial charge in [0.05, 0.1) is 6.61 Å². The summed E-state index contributed by atoms with van der Waals surface area (Å²) in [4.78, 5) is 4.29. The molecule has 2 N–H and O–H groups in total. The average molecular weight is 489 g/mol. The summed E-state index contributed by atoms with van der Waals surface area (Å²) in [6.07, 6.45) is 0. The summed E-state index contributed by atoms with van der Waals surface area (Å²) in [5.74, 6) is 2.10. The van der Waals surface area contributed by atoms with Gasteiger partial charge in [0.25, 0.3) is 0 Å². The van der Waals surface area contributed by atoms with Gasteiger partial charge in [0, 0.05) is 27.2 Å². The fourth-order valence-electron chi connectivity index (χ4n) is 2.32. The van der Waals surface area contributed by atoms with Crippen LogP contribution in [0.5, 0.6) is 5.75 Å². The lowest BCUT2D eigenvalue weighted by Gasteiger charge is -2.16. The Hall–Kier alpha value is -1.32. The lowest BCUT2D eigenvalue weighted by molar-refractivity contribution is 0.146. The molecule has 0 fully saturated rings. The molecular formula is C19H28IN3O2S. The fourth-order valence-corrected chi connectivity index (χ4v) is 3.10. The van der Waals surface area contributed by atoms with Gasteiger partial charge in [-0.2, -0.15) is 11.3 Å². The van der Waals surface area contributed by atoms with Crippen LogP contribution in [0.25, 0.3) is 0 Å². The van der Waals surface area contributed by atoms with E-state index in [1.807, 2.05) is 18.2 Å². The number of rotatable bonds is 9. The molecule has 144 valence electrons. The molecule has 0 saturated carbocycles. The van der Waals surface area contributed by atoms with Crippen molar-refractivity contribution in [2.45, 2.75) is 19.4 Å². The zero-order valence-electron chi connectivity index (χ0n) is 15.5. The molecule has 1 aromatic heterocycles. The van der Waals surface area contributed by atoms with Gasteiger partial charge in [-0.15, -0.1) is 24.0 Å². The van der Waals surface area contributed by atoms with E-state index in [0.717, 1.165) is 23.8 Å². The first kappa shape index (κ1) is 22.7. The van der Waals surface area contributed by atoms with E-state index in [9.17, 15) is 0 Å². The molecule has 2 aromatic rings. The molecule has 0 aliphatic rings. The molecule has 0 aliphatic heterocycles. The van der Waals surface area contributed by atoms with E-state index >= 15 is 0 Å². The zero-order valence-corrected chi connectivity index (χ0v) is 18.7. The van der Waals surface area contributed by atoms with Crippen molar-refractivity contribution in [1.29, 1.82) is 0 Å². The Morgan fingerprint density at radius 3 is 2.77 bits per heavy atom. The highest BCUT2D eigenvalue weighted by Gasteiger charge is 2.07. The van der Waals surface area contributed by atoms with E-state index in [1.165, 1.54) is 5.56 Å². The molecule has 0 saturated heterocycles. The highest BCUT2D eigenvalue weighted by molar-refractivity contribution is 14.0. The monoisotopic (exact) mass is 489 g/mol. The minimum absolute atomic E-state index is 0. The maximum absolute atomic E-state index is 5.64. The number of hydrogen-bond acceptors (Lipinski definition) is 4. The largest absolute Gasteiger partial charge is 0.491 e. The number of aliphatic imine (C=N–C) groups is 1. The lowest BCUT2D eigenvalue weighted by atomic mass is 10.1. The van der Waals surface area contributed by atoms with Crippen LogP contribution in [0.3, 0.4) is 0 Å². The molecule has 1 unspecified atom stereocenters. The third-order valence-corrected chi connectivity index (χ3v) is 4.53. The van der Waals surface area contributed by atoms with Crippen molar-refractivity contribution in [2.75, 3.05) is 33.9 Å². The number of hydrogen-bond donors (Lipinski definition) is 2. The number of nitrogens with one attached hydrogen (secondary N) is 2. The highest BCUT2D eigenvalue weighted by Crippen LogP contribution is 2.17. The maximum Gasteiger partial charge on any atom is 0.191 e. The van der Waals surface area contributed by atoms with Crippen LogP contribution in [-0.2, 0) is 11.3 Å². The van der Waals surface area contributed by atoms with Crippen LogP contribution in [-0.4, -0.2) is 39.9 Å². The summed E-state index contributed by atoms with van der Waals surface area (Å²) in [5, 5.41) is 11.0. The Morgan fingerprint density at radius 2 is 2.08 bits per heavy atom. The predicted octanol–water partition coefficient (Wildman–Crippen LogP) is 3.86. The number of guanidine groups is 1. The number of benzene rings is 1. The summed E-state index contributed by atoms with van der Waals surface area (Å²) in [6.45, 7) is 4.88. The molecule has 0 spiro atoms. The zero-order chi connectivity index (χ0) is 17.9. The van der Waals surface area contributed by atoms with E-state index in [2.05, 4.69) is 45.4 Å². The molecule has 2 rings (SSSR count). The Bertz CT molecular complexity index is 650. The summed E-state index contributed by atoms with van der Waals surface area (Å²) < 4.78 is 10.6. The number of nitrogens with zero attached hydrogens (tertiary/aromatic N) is 1. The Labute approximate surface area is 177 Å². The van der Waals surface area contributed by atoms with Gasteiger partial charge >= 0.3 is 0 Å². The Kier molecular flexibility index (Phi) is 11.3. The van der Waals surface area contributed by atoms with Crippen LogP contribution in [0.4, 0.5) is 0 Å². The average Bonchev–Trinajstić information content (AvgIpc) is 3.17. The first-order valence-electron chi connectivity index (χ1n) is 8.40. The molecule has 5 nitrogen and oxygen atoms in total. The molecule has 0 bridgehead atoms. The molecule has 1 heterocycles. The topological polar surface area (TPSA) is 54.9 Å². The van der Waals surface area contributed by atoms with Crippen molar-refractivity contribution >= 4 is 41.3 Å². The van der Waals surface area contributed by atoms with Crippen molar-refractivity contribution in [1.82, 2.24) is 10.6 Å². The van der Waals surface area contributed by atoms with E-state index in [-0.39, 0.29) is 24.0 Å². The Morgan fingerprint density at radius 1 is 1.23 bits per heavy atom. The van der Waals surface area contributed by atoms with Crippen LogP contribution in [0, 0.1) is 0 Å². The second-order valence-corrected chi connectivity index (χ2v) is 6.53. The van der Waals surface area contributed by atoms with Crippen molar-refractivity contribution in [3.05, 3.63) is 52.2 Å². The first-order chi connectivity index (χ1) is 12.2. The van der Waals surface area contributed by atoms with Gasteiger partial charge < -0.3 is 20.1 Å². The lowest BCUT2D eigenvalue weighted by Crippen LogP contribution is -2.38. The minimum Gasteiger partial charge on any atom is -0.491 e. The second kappa shape index (κ2) is 12.9. The van der Waals surface area contributed by atoms with Crippen molar-refractivity contribution in [2.24, 2.45) is 4.99 Å². The normalized spacial score (nSPS) is 12.2. The SMILES string of the molecule is CN=C(NCc1cccc(OCCOC)c1)NCC(C)c1ccsc1.I. The second-order valence-electron chi connectivity index (χ2n) is 5.75. The standard InChI is InChI=1S/C19H27N3O2S.HI/c1-15(17-7-10-25-14-17)12-21-19(20-2)22-13-16-5-4-6-18(11-16)24-9-8-23-3;/h4-7,10-11,14-15H,8-9,12-13H2,1-3H3,(H2,20,21,22);1H. The van der Waals surface area contributed by atoms with Crippen LogP contribution in [0.2, 0.25) is 0 Å². The van der Waals surface area contributed by atoms with E-state index in [1.54, 1.807) is 25.5 Å².